The van der Waals surface area contributed by atoms with Crippen LogP contribution in [0.2, 0.25) is 0 Å². The Hall–Kier alpha value is -1.60. The highest BCUT2D eigenvalue weighted by Crippen LogP contribution is 2.44. The van der Waals surface area contributed by atoms with Crippen LogP contribution in [0.25, 0.3) is 0 Å². The van der Waals surface area contributed by atoms with Crippen molar-refractivity contribution in [1.82, 2.24) is 4.90 Å². The molecule has 0 aliphatic heterocycles. The molecule has 2 aromatic rings. The van der Waals surface area contributed by atoms with E-state index in [-0.39, 0.29) is 5.41 Å². The average Bonchev–Trinajstić information content (AvgIpc) is 2.85. The van der Waals surface area contributed by atoms with E-state index in [9.17, 15) is 0 Å². The molecule has 0 aromatic heterocycles. The minimum absolute atomic E-state index is 0.218. The van der Waals surface area contributed by atoms with Crippen molar-refractivity contribution in [2.45, 2.75) is 149 Å². The molecule has 36 heavy (non-hydrogen) atoms. The summed E-state index contributed by atoms with van der Waals surface area (Å²) in [5.41, 5.74) is 17.9. The van der Waals surface area contributed by atoms with Crippen molar-refractivity contribution in [3.05, 3.63) is 66.8 Å². The lowest BCUT2D eigenvalue weighted by Crippen LogP contribution is -2.46. The van der Waals surface area contributed by atoms with E-state index >= 15 is 0 Å². The summed E-state index contributed by atoms with van der Waals surface area (Å²) in [6.45, 7) is 41.8. The minimum Gasteiger partial charge on any atom is -0.287 e. The molecule has 3 unspecified atom stereocenters. The first-order valence-electron chi connectivity index (χ1n) is 14.4. The summed E-state index contributed by atoms with van der Waals surface area (Å²) in [5, 5.41) is 0. The molecule has 0 N–H and O–H groups in total. The van der Waals surface area contributed by atoms with E-state index in [1.165, 1.54) is 66.8 Å². The monoisotopic (exact) mass is 493 g/mol. The van der Waals surface area contributed by atoms with E-state index < -0.39 is 0 Å². The zero-order chi connectivity index (χ0) is 28.4. The van der Waals surface area contributed by atoms with Crippen molar-refractivity contribution in [2.75, 3.05) is 0 Å². The van der Waals surface area contributed by atoms with Gasteiger partial charge in [0.2, 0.25) is 0 Å². The van der Waals surface area contributed by atoms with Crippen LogP contribution < -0.4 is 0 Å². The Morgan fingerprint density at radius 1 is 0.500 bits per heavy atom. The standard InChI is InChI=1S/C33H53N.C2H6/c1-17-33(15,16)30(14)34(28(12)31-24(8)20(4)18(2)21(5)25(31)9)29(13)32-26(10)22(6)19(3)23(7)27(32)11;1-2/h28-30H,17H2,1-16H3;1-2H3. The van der Waals surface area contributed by atoms with Gasteiger partial charge < -0.3 is 0 Å². The molecular weight excluding hydrogens is 434 g/mol. The fourth-order valence-corrected chi connectivity index (χ4v) is 6.31. The number of nitrogens with zero attached hydrogens (tertiary/aromatic N) is 1. The van der Waals surface area contributed by atoms with Gasteiger partial charge in [0.15, 0.2) is 0 Å². The van der Waals surface area contributed by atoms with Gasteiger partial charge in [-0.2, -0.15) is 0 Å². The van der Waals surface area contributed by atoms with Gasteiger partial charge in [-0.3, -0.25) is 4.90 Å². The van der Waals surface area contributed by atoms with E-state index in [0.717, 1.165) is 6.42 Å². The molecule has 0 amide bonds. The van der Waals surface area contributed by atoms with Crippen LogP contribution in [0.5, 0.6) is 0 Å². The van der Waals surface area contributed by atoms with Gasteiger partial charge >= 0.3 is 0 Å². The van der Waals surface area contributed by atoms with Gasteiger partial charge in [-0.1, -0.05) is 34.6 Å². The lowest BCUT2D eigenvalue weighted by atomic mass is 9.77. The minimum atomic E-state index is 0.218. The van der Waals surface area contributed by atoms with Crippen LogP contribution in [0.3, 0.4) is 0 Å². The van der Waals surface area contributed by atoms with Gasteiger partial charge in [-0.25, -0.2) is 0 Å². The fraction of sp³-hybridized carbons (Fsp3) is 0.657. The van der Waals surface area contributed by atoms with Gasteiger partial charge in [0.05, 0.1) is 0 Å². The second kappa shape index (κ2) is 12.3. The van der Waals surface area contributed by atoms with Gasteiger partial charge in [-0.15, -0.1) is 0 Å². The third-order valence-corrected chi connectivity index (χ3v) is 10.3. The highest BCUT2D eigenvalue weighted by atomic mass is 15.2. The number of hydrogen-bond acceptors (Lipinski definition) is 1. The van der Waals surface area contributed by atoms with E-state index in [1.807, 2.05) is 13.8 Å². The summed E-state index contributed by atoms with van der Waals surface area (Å²) in [4.78, 5) is 2.84. The Bertz CT molecular complexity index is 936. The highest BCUT2D eigenvalue weighted by Gasteiger charge is 2.38. The maximum absolute atomic E-state index is 2.84. The summed E-state index contributed by atoms with van der Waals surface area (Å²) in [7, 11) is 0. The van der Waals surface area contributed by atoms with Crippen LogP contribution in [0.4, 0.5) is 0 Å². The molecule has 2 aromatic carbocycles. The zero-order valence-electron chi connectivity index (χ0n) is 27.4. The van der Waals surface area contributed by atoms with Crippen LogP contribution in [-0.4, -0.2) is 10.9 Å². The quantitative estimate of drug-likeness (QED) is 0.370. The molecule has 0 fully saturated rings. The molecule has 0 aliphatic carbocycles. The van der Waals surface area contributed by atoms with Crippen molar-refractivity contribution < 1.29 is 0 Å². The SMILES string of the molecule is CC.CCC(C)(C)C(C)N(C(C)c1c(C)c(C)c(C)c(C)c1C)C(C)c1c(C)c(C)c(C)c(C)c1C. The molecule has 204 valence electrons. The Labute approximate surface area is 226 Å². The number of rotatable bonds is 7. The Balaban J connectivity index is 0.00000316. The van der Waals surface area contributed by atoms with Crippen molar-refractivity contribution in [1.29, 1.82) is 0 Å². The summed E-state index contributed by atoms with van der Waals surface area (Å²) in [5.74, 6) is 0. The van der Waals surface area contributed by atoms with E-state index in [0.29, 0.717) is 18.1 Å². The molecule has 0 saturated carbocycles. The second-order valence-corrected chi connectivity index (χ2v) is 11.9. The molecule has 1 nitrogen and oxygen atoms in total. The van der Waals surface area contributed by atoms with Crippen molar-refractivity contribution in [3.8, 4) is 0 Å². The zero-order valence-corrected chi connectivity index (χ0v) is 27.4. The van der Waals surface area contributed by atoms with Crippen molar-refractivity contribution >= 4 is 0 Å². The summed E-state index contributed by atoms with van der Waals surface area (Å²) >= 11 is 0. The van der Waals surface area contributed by atoms with E-state index in [1.54, 1.807) is 0 Å². The van der Waals surface area contributed by atoms with Gasteiger partial charge in [0, 0.05) is 18.1 Å². The molecule has 1 heteroatoms. The first kappa shape index (κ1) is 32.4. The van der Waals surface area contributed by atoms with E-state index in [4.69, 9.17) is 0 Å². The third-order valence-electron chi connectivity index (χ3n) is 10.3. The molecule has 0 saturated heterocycles. The topological polar surface area (TPSA) is 3.24 Å². The maximum Gasteiger partial charge on any atom is 0.0334 e. The molecule has 3 atom stereocenters. The molecule has 0 heterocycles. The summed E-state index contributed by atoms with van der Waals surface area (Å²) in [6, 6.07) is 1.09. The fourth-order valence-electron chi connectivity index (χ4n) is 6.31. The second-order valence-electron chi connectivity index (χ2n) is 11.9. The van der Waals surface area contributed by atoms with Crippen molar-refractivity contribution in [3.63, 3.8) is 0 Å². The van der Waals surface area contributed by atoms with Crippen LogP contribution in [0.15, 0.2) is 0 Å². The number of benzene rings is 2. The molecule has 0 spiro atoms. The maximum atomic E-state index is 2.84. The first-order valence-corrected chi connectivity index (χ1v) is 14.4. The molecule has 0 bridgehead atoms. The van der Waals surface area contributed by atoms with Crippen LogP contribution >= 0.6 is 0 Å². The number of hydrogen-bond donors (Lipinski definition) is 0. The van der Waals surface area contributed by atoms with Crippen molar-refractivity contribution in [2.24, 2.45) is 5.41 Å². The van der Waals surface area contributed by atoms with Crippen LogP contribution in [0, 0.1) is 74.7 Å². The summed E-state index contributed by atoms with van der Waals surface area (Å²) < 4.78 is 0. The molecular formula is C35H59N. The Morgan fingerprint density at radius 2 is 0.722 bits per heavy atom. The van der Waals surface area contributed by atoms with Crippen LogP contribution in [0.1, 0.15) is 141 Å². The average molecular weight is 494 g/mol. The lowest BCUT2D eigenvalue weighted by molar-refractivity contribution is 0.0283. The highest BCUT2D eigenvalue weighted by molar-refractivity contribution is 5.52. The Morgan fingerprint density at radius 3 is 0.944 bits per heavy atom. The lowest BCUT2D eigenvalue weighted by Gasteiger charge is -2.48. The van der Waals surface area contributed by atoms with Crippen LogP contribution in [-0.2, 0) is 0 Å². The molecule has 0 radical (unpaired) electrons. The molecule has 2 rings (SSSR count). The predicted molar refractivity (Wildman–Crippen MR) is 164 cm³/mol. The summed E-state index contributed by atoms with van der Waals surface area (Å²) in [6.07, 6.45) is 1.16. The molecule has 0 aliphatic rings. The smallest absolute Gasteiger partial charge is 0.0334 e. The van der Waals surface area contributed by atoms with Gasteiger partial charge in [0.25, 0.3) is 0 Å². The first-order chi connectivity index (χ1) is 16.5. The van der Waals surface area contributed by atoms with Gasteiger partial charge in [0.1, 0.15) is 0 Å². The largest absolute Gasteiger partial charge is 0.287 e. The predicted octanol–water partition coefficient (Wildman–Crippen LogP) is 10.7. The normalized spacial score (nSPS) is 14.4. The van der Waals surface area contributed by atoms with E-state index in [2.05, 4.69) is 116 Å². The van der Waals surface area contributed by atoms with Gasteiger partial charge in [-0.05, 0) is 169 Å². The third kappa shape index (κ3) is 5.62. The Kier molecular flexibility index (Phi) is 11.1.